The van der Waals surface area contributed by atoms with Crippen LogP contribution < -0.4 is 5.32 Å². The summed E-state index contributed by atoms with van der Waals surface area (Å²) in [5.41, 5.74) is 4.20. The van der Waals surface area contributed by atoms with Gasteiger partial charge in [-0.05, 0) is 41.5 Å². The van der Waals surface area contributed by atoms with Gasteiger partial charge >= 0.3 is 0 Å². The van der Waals surface area contributed by atoms with Crippen molar-refractivity contribution in [1.29, 1.82) is 0 Å². The molecule has 2 N–H and O–H groups in total. The second kappa shape index (κ2) is 6.57. The van der Waals surface area contributed by atoms with E-state index < -0.39 is 11.6 Å². The summed E-state index contributed by atoms with van der Waals surface area (Å²) >= 11 is 0. The first-order valence-electron chi connectivity index (χ1n) is 8.36. The van der Waals surface area contributed by atoms with Crippen molar-refractivity contribution in [3.63, 3.8) is 0 Å². The number of nitrogens with zero attached hydrogens (tertiary/aromatic N) is 2. The fourth-order valence-corrected chi connectivity index (χ4v) is 2.99. The molecule has 5 nitrogen and oxygen atoms in total. The number of nitrogens with one attached hydrogen (secondary N) is 1. The molecule has 0 aliphatic rings. The predicted molar refractivity (Wildman–Crippen MR) is 102 cm³/mol. The van der Waals surface area contributed by atoms with Crippen molar-refractivity contribution in [2.24, 2.45) is 0 Å². The van der Waals surface area contributed by atoms with Gasteiger partial charge in [-0.25, -0.2) is 9.07 Å². The van der Waals surface area contributed by atoms with Gasteiger partial charge in [0.05, 0.1) is 17.4 Å². The molecular formula is C21H16FN3O2. The average Bonchev–Trinajstić information content (AvgIpc) is 3.05. The zero-order valence-corrected chi connectivity index (χ0v) is 14.5. The van der Waals surface area contributed by atoms with Crippen molar-refractivity contribution in [2.45, 2.75) is 6.92 Å². The van der Waals surface area contributed by atoms with Crippen molar-refractivity contribution < 1.29 is 14.3 Å². The minimum atomic E-state index is -0.667. The van der Waals surface area contributed by atoms with Crippen LogP contribution in [-0.2, 0) is 4.79 Å². The summed E-state index contributed by atoms with van der Waals surface area (Å²) < 4.78 is 15.1. The third kappa shape index (κ3) is 3.25. The molecule has 0 bridgehead atoms. The molecule has 134 valence electrons. The highest BCUT2D eigenvalue weighted by molar-refractivity contribution is 5.89. The van der Waals surface area contributed by atoms with Gasteiger partial charge in [-0.3, -0.25) is 4.79 Å². The summed E-state index contributed by atoms with van der Waals surface area (Å²) in [6.07, 6.45) is 1.56. The third-order valence-corrected chi connectivity index (χ3v) is 4.29. The number of hydrogen-bond acceptors (Lipinski definition) is 3. The summed E-state index contributed by atoms with van der Waals surface area (Å²) in [4.78, 5) is 11.1. The second-order valence-corrected chi connectivity index (χ2v) is 6.22. The molecule has 27 heavy (non-hydrogen) atoms. The molecule has 4 rings (SSSR count). The van der Waals surface area contributed by atoms with E-state index in [1.807, 2.05) is 48.5 Å². The topological polar surface area (TPSA) is 67.2 Å². The van der Waals surface area contributed by atoms with Crippen LogP contribution >= 0.6 is 0 Å². The summed E-state index contributed by atoms with van der Waals surface area (Å²) in [5, 5.41) is 17.3. The van der Waals surface area contributed by atoms with Gasteiger partial charge in [-0.2, -0.15) is 5.10 Å². The Balaban J connectivity index is 1.64. The van der Waals surface area contributed by atoms with Crippen molar-refractivity contribution in [3.8, 4) is 22.6 Å². The zero-order valence-electron chi connectivity index (χ0n) is 14.5. The highest BCUT2D eigenvalue weighted by Gasteiger charge is 2.10. The fourth-order valence-electron chi connectivity index (χ4n) is 2.99. The van der Waals surface area contributed by atoms with Gasteiger partial charge in [0, 0.05) is 24.1 Å². The number of aromatic nitrogens is 2. The first kappa shape index (κ1) is 16.8. The van der Waals surface area contributed by atoms with E-state index in [1.54, 1.807) is 10.9 Å². The Bertz CT molecular complexity index is 1130. The van der Waals surface area contributed by atoms with Gasteiger partial charge in [0.25, 0.3) is 0 Å². The SMILES string of the molecule is CC(=O)Nc1ccc(-c2ccc(-n3ncc4cc(F)c(O)cc43)cc2)cc1. The molecule has 6 heteroatoms. The molecule has 0 unspecified atom stereocenters. The van der Waals surface area contributed by atoms with Gasteiger partial charge in [-0.1, -0.05) is 24.3 Å². The Hall–Kier alpha value is -3.67. The Morgan fingerprint density at radius 1 is 1.04 bits per heavy atom. The fraction of sp³-hybridized carbons (Fsp3) is 0.0476. The molecule has 0 atom stereocenters. The van der Waals surface area contributed by atoms with E-state index in [1.165, 1.54) is 19.1 Å². The van der Waals surface area contributed by atoms with Crippen molar-refractivity contribution in [2.75, 3.05) is 5.32 Å². The lowest BCUT2D eigenvalue weighted by atomic mass is 10.0. The standard InChI is InChI=1S/C21H16FN3O2/c1-13(26)24-17-6-2-14(3-7-17)15-4-8-18(9-5-15)25-20-11-21(27)19(22)10-16(20)12-23-25/h2-12,27H,1H3,(H,24,26). The maximum Gasteiger partial charge on any atom is 0.221 e. The highest BCUT2D eigenvalue weighted by Crippen LogP contribution is 2.27. The van der Waals surface area contributed by atoms with E-state index in [4.69, 9.17) is 0 Å². The quantitative estimate of drug-likeness (QED) is 0.565. The van der Waals surface area contributed by atoms with Gasteiger partial charge in [0.2, 0.25) is 5.91 Å². The Morgan fingerprint density at radius 2 is 1.67 bits per heavy atom. The third-order valence-electron chi connectivity index (χ3n) is 4.29. The van der Waals surface area contributed by atoms with Crippen LogP contribution in [0, 0.1) is 5.82 Å². The molecule has 3 aromatic carbocycles. The van der Waals surface area contributed by atoms with E-state index in [9.17, 15) is 14.3 Å². The minimum absolute atomic E-state index is 0.107. The number of fused-ring (bicyclic) bond motifs is 1. The highest BCUT2D eigenvalue weighted by atomic mass is 19.1. The zero-order chi connectivity index (χ0) is 19.0. The number of phenols is 1. The average molecular weight is 361 g/mol. The van der Waals surface area contributed by atoms with Gasteiger partial charge < -0.3 is 10.4 Å². The Morgan fingerprint density at radius 3 is 2.30 bits per heavy atom. The van der Waals surface area contributed by atoms with Crippen LogP contribution in [0.3, 0.4) is 0 Å². The number of halogens is 1. The Labute approximate surface area is 154 Å². The number of carbonyl (C=O) groups is 1. The number of hydrogen-bond donors (Lipinski definition) is 2. The maximum absolute atomic E-state index is 13.5. The van der Waals surface area contributed by atoms with Gasteiger partial charge in [-0.15, -0.1) is 0 Å². The van der Waals surface area contributed by atoms with Crippen LogP contribution in [0.25, 0.3) is 27.7 Å². The number of carbonyl (C=O) groups excluding carboxylic acids is 1. The molecule has 0 radical (unpaired) electrons. The summed E-state index contributed by atoms with van der Waals surface area (Å²) in [6, 6.07) is 17.9. The van der Waals surface area contributed by atoms with Gasteiger partial charge in [0.1, 0.15) is 0 Å². The molecule has 0 saturated carbocycles. The summed E-state index contributed by atoms with van der Waals surface area (Å²) in [6.45, 7) is 1.47. The van der Waals surface area contributed by atoms with Crippen LogP contribution in [0.15, 0.2) is 66.9 Å². The van der Waals surface area contributed by atoms with E-state index in [0.29, 0.717) is 10.9 Å². The molecule has 1 aromatic heterocycles. The van der Waals surface area contributed by atoms with Crippen LogP contribution in [0.2, 0.25) is 0 Å². The summed E-state index contributed by atoms with van der Waals surface area (Å²) in [5.74, 6) is -1.18. The second-order valence-electron chi connectivity index (χ2n) is 6.22. The number of amides is 1. The lowest BCUT2D eigenvalue weighted by Crippen LogP contribution is -2.05. The molecule has 1 amide bonds. The molecule has 0 aliphatic heterocycles. The van der Waals surface area contributed by atoms with Crippen LogP contribution in [-0.4, -0.2) is 20.8 Å². The molecule has 1 heterocycles. The molecular weight excluding hydrogens is 345 g/mol. The van der Waals surface area contributed by atoms with Crippen LogP contribution in [0.1, 0.15) is 6.92 Å². The molecule has 0 saturated heterocycles. The minimum Gasteiger partial charge on any atom is -0.505 e. The van der Waals surface area contributed by atoms with Crippen molar-refractivity contribution in [3.05, 3.63) is 72.7 Å². The lowest BCUT2D eigenvalue weighted by molar-refractivity contribution is -0.114. The predicted octanol–water partition coefficient (Wildman–Crippen LogP) is 4.50. The molecule has 4 aromatic rings. The molecule has 0 spiro atoms. The Kier molecular flexibility index (Phi) is 4.08. The first-order chi connectivity index (χ1) is 13.0. The van der Waals surface area contributed by atoms with E-state index >= 15 is 0 Å². The number of aromatic hydroxyl groups is 1. The van der Waals surface area contributed by atoms with Crippen LogP contribution in [0.5, 0.6) is 5.75 Å². The monoisotopic (exact) mass is 361 g/mol. The first-order valence-corrected chi connectivity index (χ1v) is 8.36. The number of anilines is 1. The largest absolute Gasteiger partial charge is 0.505 e. The number of phenolic OH excluding ortho intramolecular Hbond substituents is 1. The normalized spacial score (nSPS) is 10.9. The van der Waals surface area contributed by atoms with Crippen molar-refractivity contribution in [1.82, 2.24) is 9.78 Å². The van der Waals surface area contributed by atoms with Gasteiger partial charge in [0.15, 0.2) is 11.6 Å². The van der Waals surface area contributed by atoms with E-state index in [0.717, 1.165) is 22.5 Å². The van der Waals surface area contributed by atoms with Crippen LogP contribution in [0.4, 0.5) is 10.1 Å². The van der Waals surface area contributed by atoms with E-state index in [-0.39, 0.29) is 5.91 Å². The number of benzene rings is 3. The van der Waals surface area contributed by atoms with Crippen molar-refractivity contribution >= 4 is 22.5 Å². The lowest BCUT2D eigenvalue weighted by Gasteiger charge is -2.08. The molecule has 0 fully saturated rings. The maximum atomic E-state index is 13.5. The summed E-state index contributed by atoms with van der Waals surface area (Å²) in [7, 11) is 0. The van der Waals surface area contributed by atoms with E-state index in [2.05, 4.69) is 10.4 Å². The molecule has 0 aliphatic carbocycles. The smallest absolute Gasteiger partial charge is 0.221 e. The number of rotatable bonds is 3.